The van der Waals surface area contributed by atoms with Crippen LogP contribution >= 0.6 is 0 Å². The van der Waals surface area contributed by atoms with Crippen molar-refractivity contribution in [2.45, 2.75) is 110 Å². The lowest BCUT2D eigenvalue weighted by molar-refractivity contribution is -0.155. The molecule has 7 atom stereocenters. The van der Waals surface area contributed by atoms with Crippen molar-refractivity contribution >= 4 is 23.7 Å². The van der Waals surface area contributed by atoms with Crippen molar-refractivity contribution in [1.82, 2.24) is 15.1 Å². The average molecular weight is 664 g/mol. The summed E-state index contributed by atoms with van der Waals surface area (Å²) < 4.78 is 12.5. The molecular formula is C38H53N3O7. The zero-order valence-corrected chi connectivity index (χ0v) is 29.5. The fraction of sp³-hybridized carbons (Fsp3) is 0.632. The summed E-state index contributed by atoms with van der Waals surface area (Å²) in [5.41, 5.74) is -1.34. The molecule has 48 heavy (non-hydrogen) atoms. The molecule has 4 aliphatic rings. The van der Waals surface area contributed by atoms with E-state index >= 15 is 4.79 Å². The Morgan fingerprint density at radius 1 is 1.02 bits per heavy atom. The highest BCUT2D eigenvalue weighted by Gasteiger charge is 2.72. The van der Waals surface area contributed by atoms with Gasteiger partial charge >= 0.3 is 5.97 Å². The van der Waals surface area contributed by atoms with E-state index < -0.39 is 53.1 Å². The molecule has 3 amide bonds. The molecule has 5 rings (SSSR count). The third-order valence-electron chi connectivity index (χ3n) is 10.0. The van der Waals surface area contributed by atoms with Crippen molar-refractivity contribution < 1.29 is 33.8 Å². The summed E-state index contributed by atoms with van der Waals surface area (Å²) in [6, 6.07) is 6.89. The Bertz CT molecular complexity index is 1430. The number of aliphatic hydroxyl groups excluding tert-OH is 1. The van der Waals surface area contributed by atoms with Crippen molar-refractivity contribution in [3.8, 4) is 0 Å². The highest BCUT2D eigenvalue weighted by Crippen LogP contribution is 2.54. The number of ether oxygens (including phenoxy) is 2. The lowest BCUT2D eigenvalue weighted by Gasteiger charge is -2.45. The number of cyclic esters (lactones) is 1. The van der Waals surface area contributed by atoms with Gasteiger partial charge in [0.15, 0.2) is 0 Å². The number of likely N-dealkylation sites (tertiary alicyclic amines) is 1. The predicted molar refractivity (Wildman–Crippen MR) is 181 cm³/mol. The average Bonchev–Trinajstić information content (AvgIpc) is 3.39. The first-order chi connectivity index (χ1) is 22.6. The molecular weight excluding hydrogens is 610 g/mol. The van der Waals surface area contributed by atoms with E-state index in [0.29, 0.717) is 25.8 Å². The molecule has 1 aromatic carbocycles. The van der Waals surface area contributed by atoms with Gasteiger partial charge in [0.1, 0.15) is 18.2 Å². The maximum atomic E-state index is 15.0. The van der Waals surface area contributed by atoms with E-state index in [1.165, 1.54) is 0 Å². The number of hydrogen-bond acceptors (Lipinski definition) is 7. The molecule has 4 heterocycles. The number of carbonyl (C=O) groups is 4. The summed E-state index contributed by atoms with van der Waals surface area (Å²) in [7, 11) is 0. The maximum Gasteiger partial charge on any atom is 0.306 e. The van der Waals surface area contributed by atoms with E-state index in [1.807, 2.05) is 75.1 Å². The van der Waals surface area contributed by atoms with Crippen LogP contribution in [0.1, 0.15) is 85.8 Å². The minimum absolute atomic E-state index is 0.0633. The van der Waals surface area contributed by atoms with Crippen LogP contribution in [-0.2, 0) is 28.7 Å². The molecule has 0 saturated carbocycles. The van der Waals surface area contributed by atoms with Crippen LogP contribution in [0, 0.1) is 23.2 Å². The number of carbonyl (C=O) groups excluding carboxylic acids is 4. The Morgan fingerprint density at radius 2 is 1.73 bits per heavy atom. The smallest absolute Gasteiger partial charge is 0.306 e. The Hall–Kier alpha value is -3.50. The summed E-state index contributed by atoms with van der Waals surface area (Å²) in [5, 5.41) is 13.8. The predicted octanol–water partition coefficient (Wildman–Crippen LogP) is 4.34. The second kappa shape index (κ2) is 13.8. The number of aliphatic hydroxyl groups is 1. The topological polar surface area (TPSA) is 125 Å². The second-order valence-corrected chi connectivity index (χ2v) is 16.1. The molecule has 0 aliphatic carbocycles. The summed E-state index contributed by atoms with van der Waals surface area (Å²) in [6.45, 7) is 14.5. The van der Waals surface area contributed by atoms with Crippen molar-refractivity contribution in [2.75, 3.05) is 19.8 Å². The van der Waals surface area contributed by atoms with E-state index in [9.17, 15) is 19.5 Å². The number of nitrogens with one attached hydrogen (secondary N) is 1. The van der Waals surface area contributed by atoms with Crippen LogP contribution < -0.4 is 5.32 Å². The number of allylic oxidation sites excluding steroid dienone is 1. The number of amides is 3. The van der Waals surface area contributed by atoms with Gasteiger partial charge in [-0.25, -0.2) is 0 Å². The van der Waals surface area contributed by atoms with Crippen LogP contribution in [0.3, 0.4) is 0 Å². The lowest BCUT2D eigenvalue weighted by Crippen LogP contribution is -2.61. The first-order valence-corrected chi connectivity index (χ1v) is 17.4. The zero-order chi connectivity index (χ0) is 35.0. The van der Waals surface area contributed by atoms with E-state index in [-0.39, 0.29) is 48.8 Å². The third-order valence-corrected chi connectivity index (χ3v) is 10.0. The lowest BCUT2D eigenvalue weighted by atomic mass is 9.77. The Morgan fingerprint density at radius 3 is 2.38 bits per heavy atom. The van der Waals surface area contributed by atoms with E-state index in [2.05, 4.69) is 26.1 Å². The van der Waals surface area contributed by atoms with Gasteiger partial charge in [0.05, 0.1) is 36.6 Å². The van der Waals surface area contributed by atoms with E-state index in [0.717, 1.165) is 5.56 Å². The number of nitrogens with zero attached hydrogens (tertiary/aromatic N) is 2. The van der Waals surface area contributed by atoms with Crippen LogP contribution in [0.5, 0.6) is 0 Å². The van der Waals surface area contributed by atoms with Gasteiger partial charge in [0.2, 0.25) is 17.7 Å². The molecule has 2 fully saturated rings. The second-order valence-electron chi connectivity index (χ2n) is 16.1. The van der Waals surface area contributed by atoms with E-state index in [4.69, 9.17) is 9.47 Å². The van der Waals surface area contributed by atoms with Gasteiger partial charge in [-0.05, 0) is 50.0 Å². The van der Waals surface area contributed by atoms with Crippen LogP contribution in [0.2, 0.25) is 0 Å². The first kappa shape index (κ1) is 35.8. The van der Waals surface area contributed by atoms with Crippen molar-refractivity contribution in [2.24, 2.45) is 23.2 Å². The minimum atomic E-state index is -1.45. The van der Waals surface area contributed by atoms with Gasteiger partial charge in [-0.1, -0.05) is 89.3 Å². The molecule has 4 aliphatic heterocycles. The number of hydrogen-bond donors (Lipinski definition) is 2. The molecule has 2 N–H and O–H groups in total. The van der Waals surface area contributed by atoms with Crippen LogP contribution in [0.4, 0.5) is 0 Å². The monoisotopic (exact) mass is 663 g/mol. The summed E-state index contributed by atoms with van der Waals surface area (Å²) in [5.74, 6) is -3.30. The molecule has 1 aromatic rings. The molecule has 262 valence electrons. The van der Waals surface area contributed by atoms with Gasteiger partial charge in [0, 0.05) is 18.5 Å². The maximum absolute atomic E-state index is 15.0. The molecule has 10 nitrogen and oxygen atoms in total. The summed E-state index contributed by atoms with van der Waals surface area (Å²) in [4.78, 5) is 60.3. The SMILES string of the molecule is CC(C)C[C@H](CO)N1C(=O)[C@@H]2[C@H]3C(=O)N[C@H](c4ccccc4)COC(=O)CC/C=C\[C@H]3O[C@@]23C=CCN(C(C)(C)CC(C)(C)C)C(=O)[C@@H]13. The fourth-order valence-corrected chi connectivity index (χ4v) is 8.53. The van der Waals surface area contributed by atoms with Gasteiger partial charge < -0.3 is 29.7 Å². The molecule has 10 heteroatoms. The normalized spacial score (nSPS) is 31.2. The highest BCUT2D eigenvalue weighted by atomic mass is 16.5. The Kier molecular flexibility index (Phi) is 10.3. The Labute approximate surface area is 284 Å². The largest absolute Gasteiger partial charge is 0.463 e. The molecule has 1 spiro atoms. The molecule has 2 saturated heterocycles. The van der Waals surface area contributed by atoms with Crippen molar-refractivity contribution in [1.29, 1.82) is 0 Å². The number of esters is 1. The van der Waals surface area contributed by atoms with Crippen molar-refractivity contribution in [3.63, 3.8) is 0 Å². The molecule has 0 bridgehead atoms. The van der Waals surface area contributed by atoms with Crippen LogP contribution in [-0.4, -0.2) is 87.7 Å². The van der Waals surface area contributed by atoms with Gasteiger partial charge in [0.25, 0.3) is 0 Å². The van der Waals surface area contributed by atoms with Gasteiger partial charge in [-0.2, -0.15) is 0 Å². The quantitative estimate of drug-likeness (QED) is 0.329. The van der Waals surface area contributed by atoms with Gasteiger partial charge in [-0.15, -0.1) is 0 Å². The third kappa shape index (κ3) is 6.97. The molecule has 0 radical (unpaired) electrons. The van der Waals surface area contributed by atoms with Gasteiger partial charge in [-0.3, -0.25) is 19.2 Å². The highest BCUT2D eigenvalue weighted by molar-refractivity contribution is 6.00. The van der Waals surface area contributed by atoms with E-state index in [1.54, 1.807) is 17.1 Å². The molecule has 0 aromatic heterocycles. The zero-order valence-electron chi connectivity index (χ0n) is 29.5. The first-order valence-electron chi connectivity index (χ1n) is 17.4. The standard InChI is InChI=1S/C38H53N3O7/c1-24(2)20-26(21-42)41-32-35(46)40(37(6,7)23-36(3,4)5)19-13-18-38(32)31(34(41)45)30-28(48-38)16-11-12-17-29(43)47-22-27(39-33(30)44)25-14-9-8-10-15-25/h8-11,13-16,18,24,26-28,30-32,42H,12,17,19-23H2,1-7H3,(H,39,44)/b16-11-/t26-,27+,28-,30+,31+,32-,38+/m1/s1. The Balaban J connectivity index is 1.63. The number of benzene rings is 1. The minimum Gasteiger partial charge on any atom is -0.463 e. The summed E-state index contributed by atoms with van der Waals surface area (Å²) >= 11 is 0. The molecule has 0 unspecified atom stereocenters. The summed E-state index contributed by atoms with van der Waals surface area (Å²) in [6.07, 6.45) is 8.15. The fourth-order valence-electron chi connectivity index (χ4n) is 8.53. The number of fused-ring (bicyclic) bond motifs is 2. The van der Waals surface area contributed by atoms with Crippen LogP contribution in [0.25, 0.3) is 0 Å². The van der Waals surface area contributed by atoms with Crippen molar-refractivity contribution in [3.05, 3.63) is 60.2 Å². The van der Waals surface area contributed by atoms with Crippen LogP contribution in [0.15, 0.2) is 54.6 Å². The number of rotatable bonds is 7.